The van der Waals surface area contributed by atoms with Crippen molar-refractivity contribution in [2.75, 3.05) is 12.4 Å². The number of halogens is 3. The Morgan fingerprint density at radius 1 is 1.21 bits per heavy atom. The van der Waals surface area contributed by atoms with Gasteiger partial charge in [0.1, 0.15) is 5.75 Å². The van der Waals surface area contributed by atoms with E-state index in [2.05, 4.69) is 10.8 Å². The van der Waals surface area contributed by atoms with Gasteiger partial charge in [-0.25, -0.2) is 0 Å². The normalized spacial score (nSPS) is 12.1. The molecule has 0 fully saturated rings. The zero-order valence-corrected chi connectivity index (χ0v) is 16.8. The number of carbonyl (C=O) groups is 1. The molecule has 0 aliphatic rings. The van der Waals surface area contributed by atoms with Gasteiger partial charge in [0.25, 0.3) is 5.69 Å². The molecule has 0 aliphatic heterocycles. The standard InChI is InChI=1S/C17H16Cl3N3O5/c1-27-14-8-7-12(23(25)26)10-13(14)21-16(17(18,19)20)22-28-15(24)9-11-5-3-2-4-6-11/h2-8,10,16,21-22H,9H2,1H3/t16-/m1/s1. The summed E-state index contributed by atoms with van der Waals surface area (Å²) in [6.45, 7) is 0. The maximum atomic E-state index is 12.0. The van der Waals surface area contributed by atoms with E-state index < -0.39 is 20.9 Å². The van der Waals surface area contributed by atoms with Crippen LogP contribution in [0, 0.1) is 10.1 Å². The number of rotatable bonds is 8. The summed E-state index contributed by atoms with van der Waals surface area (Å²) in [5.74, 6) is -0.347. The van der Waals surface area contributed by atoms with Crippen LogP contribution in [0.5, 0.6) is 5.75 Å². The number of hydrogen-bond acceptors (Lipinski definition) is 7. The summed E-state index contributed by atoms with van der Waals surface area (Å²) >= 11 is 17.8. The molecule has 11 heteroatoms. The lowest BCUT2D eigenvalue weighted by Gasteiger charge is -2.27. The molecule has 0 saturated carbocycles. The Morgan fingerprint density at radius 3 is 2.46 bits per heavy atom. The first-order valence-electron chi connectivity index (χ1n) is 7.85. The van der Waals surface area contributed by atoms with Gasteiger partial charge in [-0.3, -0.25) is 14.9 Å². The van der Waals surface area contributed by atoms with Crippen molar-refractivity contribution >= 4 is 52.1 Å². The van der Waals surface area contributed by atoms with Crippen molar-refractivity contribution < 1.29 is 19.3 Å². The lowest BCUT2D eigenvalue weighted by Crippen LogP contribution is -2.47. The summed E-state index contributed by atoms with van der Waals surface area (Å²) in [7, 11) is 1.38. The lowest BCUT2D eigenvalue weighted by molar-refractivity contribution is -0.384. The SMILES string of the molecule is COc1ccc([N+](=O)[O-])cc1N[C@H](NOC(=O)Cc1ccccc1)C(Cl)(Cl)Cl. The molecule has 2 rings (SSSR count). The molecule has 0 bridgehead atoms. The Balaban J connectivity index is 2.11. The third-order valence-corrected chi connectivity index (χ3v) is 4.16. The predicted octanol–water partition coefficient (Wildman–Crippen LogP) is 4.00. The Morgan fingerprint density at radius 2 is 1.89 bits per heavy atom. The van der Waals surface area contributed by atoms with Gasteiger partial charge in [0.05, 0.1) is 24.1 Å². The summed E-state index contributed by atoms with van der Waals surface area (Å²) in [5.41, 5.74) is 3.05. The predicted molar refractivity (Wildman–Crippen MR) is 107 cm³/mol. The van der Waals surface area contributed by atoms with Gasteiger partial charge < -0.3 is 14.9 Å². The van der Waals surface area contributed by atoms with E-state index in [1.807, 2.05) is 6.07 Å². The molecule has 150 valence electrons. The Hall–Kier alpha value is -2.26. The molecule has 0 radical (unpaired) electrons. The molecule has 2 N–H and O–H groups in total. The monoisotopic (exact) mass is 447 g/mol. The molecule has 28 heavy (non-hydrogen) atoms. The van der Waals surface area contributed by atoms with Gasteiger partial charge in [-0.2, -0.15) is 0 Å². The molecule has 0 aromatic heterocycles. The second-order valence-electron chi connectivity index (χ2n) is 5.51. The second kappa shape index (κ2) is 9.79. The number of ether oxygens (including phenoxy) is 1. The number of methoxy groups -OCH3 is 1. The number of hydrogen-bond donors (Lipinski definition) is 2. The molecule has 1 atom stereocenters. The number of nitrogens with zero attached hydrogens (tertiary/aromatic N) is 1. The van der Waals surface area contributed by atoms with Crippen LogP contribution in [0.4, 0.5) is 11.4 Å². The van der Waals surface area contributed by atoms with Gasteiger partial charge in [-0.05, 0) is 11.6 Å². The van der Waals surface area contributed by atoms with Crippen molar-refractivity contribution in [2.24, 2.45) is 0 Å². The molecular formula is C17H16Cl3N3O5. The average Bonchev–Trinajstić information content (AvgIpc) is 2.64. The van der Waals surface area contributed by atoms with Crippen molar-refractivity contribution in [3.05, 3.63) is 64.2 Å². The van der Waals surface area contributed by atoms with E-state index in [4.69, 9.17) is 44.4 Å². The molecular weight excluding hydrogens is 433 g/mol. The number of anilines is 1. The summed E-state index contributed by atoms with van der Waals surface area (Å²) in [6, 6.07) is 12.8. The van der Waals surface area contributed by atoms with E-state index in [1.54, 1.807) is 24.3 Å². The molecule has 0 spiro atoms. The zero-order valence-electron chi connectivity index (χ0n) is 14.5. The maximum absolute atomic E-state index is 12.0. The number of nitro groups is 1. The quantitative estimate of drug-likeness (QED) is 0.272. The minimum atomic E-state index is -1.97. The number of nitro benzene ring substituents is 1. The second-order valence-corrected chi connectivity index (χ2v) is 7.88. The smallest absolute Gasteiger partial charge is 0.329 e. The fourth-order valence-electron chi connectivity index (χ4n) is 2.18. The first-order valence-corrected chi connectivity index (χ1v) is 8.99. The summed E-state index contributed by atoms with van der Waals surface area (Å²) in [6.07, 6.45) is -1.23. The van der Waals surface area contributed by atoms with Crippen LogP contribution in [0.1, 0.15) is 5.56 Å². The van der Waals surface area contributed by atoms with Crippen LogP contribution in [0.3, 0.4) is 0 Å². The first-order chi connectivity index (χ1) is 13.2. The molecule has 0 aliphatic carbocycles. The van der Waals surface area contributed by atoms with Gasteiger partial charge in [0, 0.05) is 12.1 Å². The van der Waals surface area contributed by atoms with Crippen molar-refractivity contribution in [3.63, 3.8) is 0 Å². The Labute approximate surface area is 175 Å². The minimum absolute atomic E-state index is 0.000543. The molecule has 0 unspecified atom stereocenters. The Kier molecular flexibility index (Phi) is 7.70. The fourth-order valence-corrected chi connectivity index (χ4v) is 2.48. The highest BCUT2D eigenvalue weighted by Crippen LogP contribution is 2.35. The largest absolute Gasteiger partial charge is 0.495 e. The molecule has 2 aromatic rings. The first kappa shape index (κ1) is 22.0. The van der Waals surface area contributed by atoms with Gasteiger partial charge in [-0.15, -0.1) is 5.48 Å². The number of carbonyl (C=O) groups excluding carboxylic acids is 1. The zero-order chi connectivity index (χ0) is 20.7. The van der Waals surface area contributed by atoms with E-state index >= 15 is 0 Å². The third kappa shape index (κ3) is 6.42. The Bertz CT molecular complexity index is 831. The van der Waals surface area contributed by atoms with Crippen LogP contribution in [0.15, 0.2) is 48.5 Å². The van der Waals surface area contributed by atoms with Crippen molar-refractivity contribution in [1.29, 1.82) is 0 Å². The van der Waals surface area contributed by atoms with E-state index in [1.165, 1.54) is 25.3 Å². The number of alkyl halides is 3. The molecule has 0 amide bonds. The number of benzene rings is 2. The van der Waals surface area contributed by atoms with E-state index in [0.717, 1.165) is 5.56 Å². The third-order valence-electron chi connectivity index (χ3n) is 3.50. The van der Waals surface area contributed by atoms with Crippen LogP contribution in [0.25, 0.3) is 0 Å². The van der Waals surface area contributed by atoms with Gasteiger partial charge >= 0.3 is 5.97 Å². The van der Waals surface area contributed by atoms with Crippen molar-refractivity contribution in [2.45, 2.75) is 16.4 Å². The number of non-ortho nitro benzene ring substituents is 1. The molecule has 0 saturated heterocycles. The van der Waals surface area contributed by atoms with Gasteiger partial charge in [-0.1, -0.05) is 65.1 Å². The maximum Gasteiger partial charge on any atom is 0.329 e. The molecule has 2 aromatic carbocycles. The van der Waals surface area contributed by atoms with E-state index in [-0.39, 0.29) is 23.5 Å². The van der Waals surface area contributed by atoms with E-state index in [0.29, 0.717) is 0 Å². The summed E-state index contributed by atoms with van der Waals surface area (Å²) < 4.78 is 3.18. The van der Waals surface area contributed by atoms with Crippen LogP contribution in [-0.4, -0.2) is 28.0 Å². The van der Waals surface area contributed by atoms with E-state index in [9.17, 15) is 14.9 Å². The number of hydroxylamine groups is 1. The topological polar surface area (TPSA) is 103 Å². The van der Waals surface area contributed by atoms with Crippen molar-refractivity contribution in [1.82, 2.24) is 5.48 Å². The highest BCUT2D eigenvalue weighted by Gasteiger charge is 2.35. The van der Waals surface area contributed by atoms with Gasteiger partial charge in [0.15, 0.2) is 6.17 Å². The average molecular weight is 449 g/mol. The van der Waals surface area contributed by atoms with Crippen LogP contribution < -0.4 is 15.5 Å². The van der Waals surface area contributed by atoms with Crippen LogP contribution in [-0.2, 0) is 16.1 Å². The lowest BCUT2D eigenvalue weighted by atomic mass is 10.2. The molecule has 8 nitrogen and oxygen atoms in total. The number of nitrogens with one attached hydrogen (secondary N) is 2. The highest BCUT2D eigenvalue weighted by atomic mass is 35.6. The summed E-state index contributed by atoms with van der Waals surface area (Å²) in [5, 5.41) is 13.7. The van der Waals surface area contributed by atoms with Crippen molar-refractivity contribution in [3.8, 4) is 5.75 Å². The summed E-state index contributed by atoms with van der Waals surface area (Å²) in [4.78, 5) is 27.4. The highest BCUT2D eigenvalue weighted by molar-refractivity contribution is 6.68. The van der Waals surface area contributed by atoms with Crippen LogP contribution >= 0.6 is 34.8 Å². The van der Waals surface area contributed by atoms with Crippen LogP contribution in [0.2, 0.25) is 0 Å². The fraction of sp³-hybridized carbons (Fsp3) is 0.235. The minimum Gasteiger partial charge on any atom is -0.495 e. The van der Waals surface area contributed by atoms with Gasteiger partial charge in [0.2, 0.25) is 3.79 Å². The molecule has 0 heterocycles.